The molecular formula is C26H28N2O3S. The quantitative estimate of drug-likeness (QED) is 0.384. The van der Waals surface area contributed by atoms with E-state index in [2.05, 4.69) is 10.3 Å². The number of hydrogen-bond acceptors (Lipinski definition) is 5. The number of ketones is 2. The van der Waals surface area contributed by atoms with Crippen molar-refractivity contribution in [3.63, 3.8) is 0 Å². The van der Waals surface area contributed by atoms with E-state index in [1.54, 1.807) is 12.4 Å². The summed E-state index contributed by atoms with van der Waals surface area (Å²) in [6.45, 7) is 1.59. The van der Waals surface area contributed by atoms with E-state index in [1.807, 2.05) is 54.6 Å². The smallest absolute Gasteiger partial charge is 0.263 e. The Labute approximate surface area is 192 Å². The fourth-order valence-electron chi connectivity index (χ4n) is 3.59. The maximum atomic E-state index is 13.2. The molecule has 0 aliphatic carbocycles. The van der Waals surface area contributed by atoms with Crippen LogP contribution in [0.25, 0.3) is 11.1 Å². The molecule has 3 rings (SSSR count). The molecule has 0 aliphatic rings. The Hall–Kier alpha value is -3.12. The molecule has 6 heteroatoms. The lowest BCUT2D eigenvalue weighted by molar-refractivity contribution is -0.120. The number of nitrogens with zero attached hydrogens (tertiary/aromatic N) is 1. The predicted octanol–water partition coefficient (Wildman–Crippen LogP) is 5.26. The third kappa shape index (κ3) is 7.24. The number of amides is 1. The van der Waals surface area contributed by atoms with Gasteiger partial charge in [-0.2, -0.15) is 0 Å². The molecule has 5 nitrogen and oxygen atoms in total. The Morgan fingerprint density at radius 1 is 0.969 bits per heavy atom. The van der Waals surface area contributed by atoms with Gasteiger partial charge >= 0.3 is 0 Å². The molecule has 0 unspecified atom stereocenters. The first kappa shape index (κ1) is 23.5. The fraction of sp³-hybridized carbons (Fsp3) is 0.308. The molecule has 3 aromatic rings. The van der Waals surface area contributed by atoms with Crippen molar-refractivity contribution >= 4 is 28.8 Å². The summed E-state index contributed by atoms with van der Waals surface area (Å²) in [5.74, 6) is -0.110. The summed E-state index contributed by atoms with van der Waals surface area (Å²) < 4.78 is 0. The number of unbranched alkanes of at least 4 members (excludes halogenated alkanes) is 2. The molecular weight excluding hydrogens is 420 g/mol. The Balaban J connectivity index is 1.66. The van der Waals surface area contributed by atoms with E-state index in [1.165, 1.54) is 17.5 Å². The largest absolute Gasteiger partial charge is 0.341 e. The van der Waals surface area contributed by atoms with Crippen LogP contribution in [0.5, 0.6) is 0 Å². The van der Waals surface area contributed by atoms with E-state index >= 15 is 0 Å². The lowest BCUT2D eigenvalue weighted by atomic mass is 9.96. The highest BCUT2D eigenvalue weighted by Gasteiger charge is 2.22. The van der Waals surface area contributed by atoms with Crippen molar-refractivity contribution < 1.29 is 14.4 Å². The van der Waals surface area contributed by atoms with Crippen molar-refractivity contribution in [2.75, 3.05) is 0 Å². The second-order valence-electron chi connectivity index (χ2n) is 7.90. The van der Waals surface area contributed by atoms with Gasteiger partial charge in [0.05, 0.1) is 17.7 Å². The topological polar surface area (TPSA) is 76.1 Å². The third-order valence-electron chi connectivity index (χ3n) is 5.28. The van der Waals surface area contributed by atoms with Gasteiger partial charge < -0.3 is 10.1 Å². The van der Waals surface area contributed by atoms with Crippen molar-refractivity contribution in [1.82, 2.24) is 10.3 Å². The molecule has 0 spiro atoms. The molecule has 0 saturated carbocycles. The molecule has 1 aromatic heterocycles. The normalized spacial score (nSPS) is 11.7. The molecule has 1 amide bonds. The number of aromatic nitrogens is 1. The van der Waals surface area contributed by atoms with Gasteiger partial charge in [-0.15, -0.1) is 11.3 Å². The van der Waals surface area contributed by atoms with Gasteiger partial charge in [0, 0.05) is 12.8 Å². The van der Waals surface area contributed by atoms with Gasteiger partial charge in [-0.3, -0.25) is 14.6 Å². The van der Waals surface area contributed by atoms with Crippen molar-refractivity contribution in [2.24, 2.45) is 0 Å². The summed E-state index contributed by atoms with van der Waals surface area (Å²) in [5.41, 5.74) is 4.68. The first-order valence-corrected chi connectivity index (χ1v) is 11.8. The highest BCUT2D eigenvalue weighted by Crippen LogP contribution is 2.21. The maximum absolute atomic E-state index is 13.2. The number of rotatable bonds is 12. The van der Waals surface area contributed by atoms with Gasteiger partial charge in [0.25, 0.3) is 5.91 Å². The van der Waals surface area contributed by atoms with Crippen LogP contribution in [0.2, 0.25) is 0 Å². The van der Waals surface area contributed by atoms with Crippen molar-refractivity contribution in [2.45, 2.75) is 51.5 Å². The molecule has 1 N–H and O–H groups in total. The van der Waals surface area contributed by atoms with Gasteiger partial charge in [0.2, 0.25) is 0 Å². The Morgan fingerprint density at radius 3 is 2.47 bits per heavy atom. The lowest BCUT2D eigenvalue weighted by Crippen LogP contribution is -2.41. The Morgan fingerprint density at radius 2 is 1.75 bits per heavy atom. The van der Waals surface area contributed by atoms with Crippen LogP contribution in [0.15, 0.2) is 66.3 Å². The molecule has 0 saturated heterocycles. The minimum atomic E-state index is -0.567. The minimum Gasteiger partial charge on any atom is -0.341 e. The molecule has 1 heterocycles. The van der Waals surface area contributed by atoms with Crippen LogP contribution in [0, 0.1) is 0 Å². The molecule has 2 aromatic carbocycles. The van der Waals surface area contributed by atoms with Crippen molar-refractivity contribution in [3.05, 3.63) is 76.7 Å². The second-order valence-corrected chi connectivity index (χ2v) is 8.79. The SMILES string of the molecule is CC(=O)CCCCC[C@H](NC(=O)c1cncs1)C(=O)Cc1cccc(-c2ccccc2)c1. The number of nitrogens with one attached hydrogen (secondary N) is 1. The molecule has 0 fully saturated rings. The van der Waals surface area contributed by atoms with Crippen molar-refractivity contribution in [1.29, 1.82) is 0 Å². The van der Waals surface area contributed by atoms with Crippen LogP contribution in [-0.2, 0) is 16.0 Å². The average molecular weight is 449 g/mol. The minimum absolute atomic E-state index is 0.0142. The van der Waals surface area contributed by atoms with E-state index in [4.69, 9.17) is 0 Å². The first-order chi connectivity index (χ1) is 15.5. The molecule has 0 aliphatic heterocycles. The lowest BCUT2D eigenvalue weighted by Gasteiger charge is -2.18. The summed E-state index contributed by atoms with van der Waals surface area (Å²) in [5, 5.41) is 2.90. The van der Waals surface area contributed by atoms with E-state index in [9.17, 15) is 14.4 Å². The van der Waals surface area contributed by atoms with Crippen LogP contribution in [0.4, 0.5) is 0 Å². The zero-order valence-corrected chi connectivity index (χ0v) is 19.1. The Bertz CT molecular complexity index is 1030. The summed E-state index contributed by atoms with van der Waals surface area (Å²) in [6, 6.07) is 17.4. The van der Waals surface area contributed by atoms with Gasteiger partial charge in [-0.25, -0.2) is 0 Å². The molecule has 0 radical (unpaired) electrons. The zero-order chi connectivity index (χ0) is 22.8. The molecule has 166 valence electrons. The van der Waals surface area contributed by atoms with Gasteiger partial charge in [0.1, 0.15) is 10.7 Å². The summed E-state index contributed by atoms with van der Waals surface area (Å²) in [7, 11) is 0. The Kier molecular flexibility index (Phi) is 8.87. The van der Waals surface area contributed by atoms with Crippen LogP contribution >= 0.6 is 11.3 Å². The number of benzene rings is 2. The number of carbonyl (C=O) groups is 3. The maximum Gasteiger partial charge on any atom is 0.263 e. The fourth-order valence-corrected chi connectivity index (χ4v) is 4.11. The molecule has 1 atom stereocenters. The highest BCUT2D eigenvalue weighted by molar-refractivity contribution is 7.11. The van der Waals surface area contributed by atoms with Gasteiger partial charge in [-0.1, -0.05) is 67.4 Å². The highest BCUT2D eigenvalue weighted by atomic mass is 32.1. The van der Waals surface area contributed by atoms with E-state index in [0.29, 0.717) is 17.7 Å². The van der Waals surface area contributed by atoms with E-state index < -0.39 is 6.04 Å². The van der Waals surface area contributed by atoms with Crippen LogP contribution in [0.3, 0.4) is 0 Å². The standard InChI is InChI=1S/C26H28N2O3S/c1-19(29)9-4-2-7-14-23(28-26(31)25-17-27-18-32-25)24(30)16-20-10-8-13-22(15-20)21-11-5-3-6-12-21/h3,5-6,8,10-13,15,17-18,23H,2,4,7,9,14,16H2,1H3,(H,28,31)/t23-/m0/s1. The van der Waals surface area contributed by atoms with Crippen LogP contribution in [0.1, 0.15) is 54.3 Å². The number of Topliss-reactive ketones (excluding diaryl/α,β-unsaturated/α-hetero) is 2. The summed E-state index contributed by atoms with van der Waals surface area (Å²) in [6.07, 6.45) is 5.30. The third-order valence-corrected chi connectivity index (χ3v) is 6.06. The number of thiazole rings is 1. The molecule has 32 heavy (non-hydrogen) atoms. The van der Waals surface area contributed by atoms with Gasteiger partial charge in [-0.05, 0) is 36.5 Å². The predicted molar refractivity (Wildman–Crippen MR) is 128 cm³/mol. The number of hydrogen-bond donors (Lipinski definition) is 1. The molecule has 0 bridgehead atoms. The van der Waals surface area contributed by atoms with Crippen LogP contribution < -0.4 is 5.32 Å². The number of carbonyl (C=O) groups excluding carboxylic acids is 3. The summed E-state index contributed by atoms with van der Waals surface area (Å²) in [4.78, 5) is 41.3. The summed E-state index contributed by atoms with van der Waals surface area (Å²) >= 11 is 1.25. The monoisotopic (exact) mass is 448 g/mol. The van der Waals surface area contributed by atoms with Crippen LogP contribution in [-0.4, -0.2) is 28.5 Å². The van der Waals surface area contributed by atoms with E-state index in [-0.39, 0.29) is 23.9 Å². The second kappa shape index (κ2) is 12.1. The average Bonchev–Trinajstić information content (AvgIpc) is 3.34. The first-order valence-electron chi connectivity index (χ1n) is 10.9. The van der Waals surface area contributed by atoms with Crippen molar-refractivity contribution in [3.8, 4) is 11.1 Å². The van der Waals surface area contributed by atoms with Gasteiger partial charge in [0.15, 0.2) is 5.78 Å². The zero-order valence-electron chi connectivity index (χ0n) is 18.3. The van der Waals surface area contributed by atoms with E-state index in [0.717, 1.165) is 36.0 Å².